The molecule has 5 aliphatic carbocycles. The fourth-order valence-electron chi connectivity index (χ4n) is 11.3. The fraction of sp³-hybridized carbons (Fsp3) is 0.933. The quantitative estimate of drug-likeness (QED) is 0.392. The van der Waals surface area contributed by atoms with Crippen LogP contribution in [0.1, 0.15) is 100 Å². The molecule has 12 atom stereocenters. The summed E-state index contributed by atoms with van der Waals surface area (Å²) >= 11 is 0. The molecule has 5 rings (SSSR count). The van der Waals surface area contributed by atoms with E-state index in [1.54, 1.807) is 0 Å². The lowest BCUT2D eigenvalue weighted by molar-refractivity contribution is -0.276. The summed E-state index contributed by atoms with van der Waals surface area (Å²) < 4.78 is 0. The summed E-state index contributed by atoms with van der Waals surface area (Å²) in [4.78, 5) is 0. The van der Waals surface area contributed by atoms with Crippen molar-refractivity contribution in [1.82, 2.24) is 0 Å². The largest absolute Gasteiger partial charge is 0.393 e. The van der Waals surface area contributed by atoms with Crippen molar-refractivity contribution >= 4 is 0 Å². The first-order valence-corrected chi connectivity index (χ1v) is 13.9. The molecule has 0 aromatic heterocycles. The number of hydrogen-bond donors (Lipinski definition) is 3. The molecule has 3 nitrogen and oxygen atoms in total. The zero-order valence-corrected chi connectivity index (χ0v) is 22.5. The summed E-state index contributed by atoms with van der Waals surface area (Å²) in [5.74, 6) is 2.44. The molecule has 33 heavy (non-hydrogen) atoms. The molecule has 0 heterocycles. The van der Waals surface area contributed by atoms with Crippen LogP contribution in [0.25, 0.3) is 0 Å². The second-order valence-corrected chi connectivity index (χ2v) is 14.8. The van der Waals surface area contributed by atoms with Crippen LogP contribution in [0.5, 0.6) is 0 Å². The summed E-state index contributed by atoms with van der Waals surface area (Å²) in [5, 5.41) is 33.8. The Bertz CT molecular complexity index is 847. The van der Waals surface area contributed by atoms with Gasteiger partial charge >= 0.3 is 0 Å². The number of rotatable bonds is 0. The van der Waals surface area contributed by atoms with Crippen LogP contribution in [0.4, 0.5) is 0 Å². The molecular weight excluding hydrogens is 408 g/mol. The van der Waals surface area contributed by atoms with Crippen LogP contribution in [0, 0.1) is 56.7 Å². The zero-order valence-electron chi connectivity index (χ0n) is 22.5. The normalized spacial score (nSPS) is 60.0. The molecule has 0 amide bonds. The minimum atomic E-state index is -0.558. The Kier molecular flexibility index (Phi) is 5.23. The van der Waals surface area contributed by atoms with Crippen molar-refractivity contribution < 1.29 is 15.3 Å². The lowest BCUT2D eigenvalue weighted by atomic mass is 9.31. The molecule has 3 N–H and O–H groups in total. The molecule has 0 aromatic rings. The molecule has 188 valence electrons. The average molecular weight is 459 g/mol. The maximum Gasteiger partial charge on any atom is 0.0804 e. The third kappa shape index (κ3) is 2.74. The monoisotopic (exact) mass is 458 g/mol. The van der Waals surface area contributed by atoms with Crippen molar-refractivity contribution in [3.05, 3.63) is 11.6 Å². The molecule has 5 aliphatic rings. The van der Waals surface area contributed by atoms with Gasteiger partial charge in [0.1, 0.15) is 0 Å². The number of fused-ring (bicyclic) bond motifs is 7. The van der Waals surface area contributed by atoms with Gasteiger partial charge in [-0.3, -0.25) is 0 Å². The number of aliphatic hydroxyl groups excluding tert-OH is 3. The summed E-state index contributed by atoms with van der Waals surface area (Å²) in [6, 6.07) is 0. The Balaban J connectivity index is 1.59. The lowest BCUT2D eigenvalue weighted by Gasteiger charge is -2.74. The van der Waals surface area contributed by atoms with E-state index in [1.807, 2.05) is 6.08 Å². The van der Waals surface area contributed by atoms with Gasteiger partial charge in [-0.25, -0.2) is 0 Å². The fourth-order valence-corrected chi connectivity index (χ4v) is 11.3. The van der Waals surface area contributed by atoms with E-state index >= 15 is 0 Å². The maximum absolute atomic E-state index is 11.7. The van der Waals surface area contributed by atoms with Crippen molar-refractivity contribution in [3.8, 4) is 0 Å². The highest BCUT2D eigenvalue weighted by Crippen LogP contribution is 2.76. The average Bonchev–Trinajstić information content (AvgIpc) is 2.71. The molecule has 4 fully saturated rings. The molecule has 0 aliphatic heterocycles. The van der Waals surface area contributed by atoms with Crippen LogP contribution in [0.2, 0.25) is 0 Å². The Hall–Kier alpha value is -0.380. The van der Waals surface area contributed by atoms with Gasteiger partial charge in [0.2, 0.25) is 0 Å². The second-order valence-electron chi connectivity index (χ2n) is 14.8. The first-order chi connectivity index (χ1) is 15.2. The molecule has 0 unspecified atom stereocenters. The summed E-state index contributed by atoms with van der Waals surface area (Å²) in [6.45, 7) is 19.0. The standard InChI is InChI=1S/C30H50O3/c1-17-15-23(32)30(8)24(33)16-29(7)19(25(30)18(17)2)9-10-21-27(5)13-12-22(31)26(3,4)20(27)11-14-28(21,29)6/h15,18-25,31-33H,9-14,16H2,1-8H3/t18-,19-,20+,21-,22+,23+,24+,25+,27+,28-,29-,30-/m1/s1. The van der Waals surface area contributed by atoms with Gasteiger partial charge in [0.25, 0.3) is 0 Å². The molecule has 0 saturated heterocycles. The van der Waals surface area contributed by atoms with Gasteiger partial charge in [0, 0.05) is 5.41 Å². The Morgan fingerprint density at radius 2 is 1.45 bits per heavy atom. The van der Waals surface area contributed by atoms with E-state index in [4.69, 9.17) is 0 Å². The molecule has 0 spiro atoms. The predicted molar refractivity (Wildman–Crippen MR) is 133 cm³/mol. The smallest absolute Gasteiger partial charge is 0.0804 e. The first kappa shape index (κ1) is 24.3. The van der Waals surface area contributed by atoms with Gasteiger partial charge in [-0.1, -0.05) is 60.1 Å². The Labute approximate surface area is 202 Å². The predicted octanol–water partition coefficient (Wildman–Crippen LogP) is 5.97. The van der Waals surface area contributed by atoms with Gasteiger partial charge in [-0.05, 0) is 103 Å². The van der Waals surface area contributed by atoms with Crippen molar-refractivity contribution in [2.45, 2.75) is 119 Å². The zero-order chi connectivity index (χ0) is 24.4. The van der Waals surface area contributed by atoms with Crippen molar-refractivity contribution in [2.24, 2.45) is 56.7 Å². The highest BCUT2D eigenvalue weighted by molar-refractivity contribution is 5.26. The Morgan fingerprint density at radius 3 is 2.12 bits per heavy atom. The Morgan fingerprint density at radius 1 is 0.788 bits per heavy atom. The number of aliphatic hydroxyl groups is 3. The first-order valence-electron chi connectivity index (χ1n) is 13.9. The number of hydrogen-bond acceptors (Lipinski definition) is 3. The van der Waals surface area contributed by atoms with Gasteiger partial charge in [-0.2, -0.15) is 0 Å². The summed E-state index contributed by atoms with van der Waals surface area (Å²) in [6.07, 6.45) is 8.51. The second kappa shape index (κ2) is 7.10. The van der Waals surface area contributed by atoms with Crippen molar-refractivity contribution in [1.29, 1.82) is 0 Å². The number of allylic oxidation sites excluding steroid dienone is 1. The van der Waals surface area contributed by atoms with Crippen LogP contribution in [-0.2, 0) is 0 Å². The molecular formula is C30H50O3. The third-order valence-corrected chi connectivity index (χ3v) is 13.7. The van der Waals surface area contributed by atoms with E-state index in [2.05, 4.69) is 55.4 Å². The summed E-state index contributed by atoms with van der Waals surface area (Å²) in [5.41, 5.74) is 1.32. The topological polar surface area (TPSA) is 60.7 Å². The lowest BCUT2D eigenvalue weighted by Crippen LogP contribution is -2.70. The van der Waals surface area contributed by atoms with Crippen molar-refractivity contribution in [2.75, 3.05) is 0 Å². The van der Waals surface area contributed by atoms with E-state index in [1.165, 1.54) is 31.3 Å². The van der Waals surface area contributed by atoms with E-state index in [9.17, 15) is 15.3 Å². The minimum Gasteiger partial charge on any atom is -0.393 e. The highest BCUT2D eigenvalue weighted by Gasteiger charge is 2.71. The van der Waals surface area contributed by atoms with E-state index in [-0.39, 0.29) is 27.8 Å². The SMILES string of the molecule is CC1=C[C@H](O)[C@@]2(C)[C@@H]([C@@H]1C)[C@H]1CC[C@@H]3[C@@]4(C)CC[C@H](O)C(C)(C)[C@@H]4CC[C@@]3(C)[C@]1(C)C[C@@H]2O. The third-order valence-electron chi connectivity index (χ3n) is 13.7. The van der Waals surface area contributed by atoms with Crippen LogP contribution >= 0.6 is 0 Å². The highest BCUT2D eigenvalue weighted by atomic mass is 16.3. The van der Waals surface area contributed by atoms with Crippen LogP contribution in [0.15, 0.2) is 11.6 Å². The van der Waals surface area contributed by atoms with Gasteiger partial charge in [-0.15, -0.1) is 0 Å². The van der Waals surface area contributed by atoms with Crippen LogP contribution < -0.4 is 0 Å². The molecule has 3 heteroatoms. The van der Waals surface area contributed by atoms with Gasteiger partial charge in [0.05, 0.1) is 18.3 Å². The molecule has 0 bridgehead atoms. The van der Waals surface area contributed by atoms with Gasteiger partial charge < -0.3 is 15.3 Å². The van der Waals surface area contributed by atoms with Gasteiger partial charge in [0.15, 0.2) is 0 Å². The van der Waals surface area contributed by atoms with Crippen molar-refractivity contribution in [3.63, 3.8) is 0 Å². The molecule has 4 saturated carbocycles. The van der Waals surface area contributed by atoms with Crippen LogP contribution in [0.3, 0.4) is 0 Å². The van der Waals surface area contributed by atoms with E-state index < -0.39 is 17.6 Å². The van der Waals surface area contributed by atoms with Crippen LogP contribution in [-0.4, -0.2) is 33.6 Å². The van der Waals surface area contributed by atoms with E-state index in [0.29, 0.717) is 29.6 Å². The molecule has 0 aromatic carbocycles. The van der Waals surface area contributed by atoms with E-state index in [0.717, 1.165) is 19.3 Å². The minimum absolute atomic E-state index is 0.0271. The molecule has 0 radical (unpaired) electrons. The maximum atomic E-state index is 11.7. The summed E-state index contributed by atoms with van der Waals surface area (Å²) in [7, 11) is 0.